The lowest BCUT2D eigenvalue weighted by Gasteiger charge is -2.22. The van der Waals surface area contributed by atoms with Crippen LogP contribution in [-0.4, -0.2) is 61.1 Å². The fraction of sp³-hybridized carbons (Fsp3) is 0.367. The summed E-state index contributed by atoms with van der Waals surface area (Å²) in [6.07, 6.45) is 15.4. The maximum Gasteiger partial charge on any atom is 0.250 e. The van der Waals surface area contributed by atoms with Gasteiger partial charge in [-0.2, -0.15) is 0 Å². The van der Waals surface area contributed by atoms with E-state index >= 15 is 0 Å². The van der Waals surface area contributed by atoms with Crippen molar-refractivity contribution in [3.05, 3.63) is 76.5 Å². The molecular weight excluding hydrogens is 462 g/mol. The first-order chi connectivity index (χ1) is 17.9. The van der Waals surface area contributed by atoms with E-state index in [2.05, 4.69) is 18.8 Å². The molecule has 3 rings (SSSR count). The molecule has 7 heteroatoms. The number of carbonyl (C=O) groups excluding carboxylic acids is 2. The van der Waals surface area contributed by atoms with E-state index < -0.39 is 0 Å². The second-order valence-electron chi connectivity index (χ2n) is 9.40. The standard InChI is InChI=1S/C30H39N5O2/c1-4-13-35(14-5-2)30(37)27-18-25-10-9-23(19-28(25)33-29(32)20-27)22-7-6-8-26(21-36)24(17-22)11-15-34(3)16-12-31/h6,8-11,15,17-19,21H,4-5,7,12-14,16,20,31H2,1-3H3,(H2,32,33)/b15-11-. The molecule has 0 radical (unpaired) electrons. The van der Waals surface area contributed by atoms with Crippen molar-refractivity contribution in [2.24, 2.45) is 16.5 Å². The number of nitrogens with zero attached hydrogens (tertiary/aromatic N) is 3. The summed E-state index contributed by atoms with van der Waals surface area (Å²) in [6, 6.07) is 6.04. The molecule has 1 aromatic rings. The van der Waals surface area contributed by atoms with Gasteiger partial charge < -0.3 is 21.3 Å². The quantitative estimate of drug-likeness (QED) is 0.439. The molecule has 0 saturated carbocycles. The predicted octanol–water partition coefficient (Wildman–Crippen LogP) is 4.35. The second-order valence-corrected chi connectivity index (χ2v) is 9.40. The lowest BCUT2D eigenvalue weighted by atomic mass is 9.97. The maximum atomic E-state index is 13.3. The number of rotatable bonds is 11. The van der Waals surface area contributed by atoms with E-state index in [1.54, 1.807) is 0 Å². The summed E-state index contributed by atoms with van der Waals surface area (Å²) in [5, 5.41) is 0. The van der Waals surface area contributed by atoms with Crippen LogP contribution in [0.4, 0.5) is 5.69 Å². The third-order valence-electron chi connectivity index (χ3n) is 6.33. The van der Waals surface area contributed by atoms with Gasteiger partial charge in [0.05, 0.1) is 5.69 Å². The minimum atomic E-state index is 0.0259. The predicted molar refractivity (Wildman–Crippen MR) is 153 cm³/mol. The maximum absolute atomic E-state index is 13.3. The summed E-state index contributed by atoms with van der Waals surface area (Å²) >= 11 is 0. The molecule has 2 aliphatic rings. The average molecular weight is 502 g/mol. The Kier molecular flexibility index (Phi) is 10.2. The Hall–Kier alpha value is -3.71. The highest BCUT2D eigenvalue weighted by atomic mass is 16.2. The number of benzene rings is 1. The molecule has 4 N–H and O–H groups in total. The van der Waals surface area contributed by atoms with Gasteiger partial charge in [0.1, 0.15) is 5.84 Å². The number of nitrogens with two attached hydrogens (primary N) is 2. The minimum Gasteiger partial charge on any atom is -0.387 e. The van der Waals surface area contributed by atoms with E-state index in [0.29, 0.717) is 36.4 Å². The summed E-state index contributed by atoms with van der Waals surface area (Å²) in [7, 11) is 1.95. The van der Waals surface area contributed by atoms with Gasteiger partial charge in [-0.25, -0.2) is 4.99 Å². The molecule has 1 amide bonds. The average Bonchev–Trinajstić information content (AvgIpc) is 3.19. The van der Waals surface area contributed by atoms with Crippen molar-refractivity contribution < 1.29 is 9.59 Å². The van der Waals surface area contributed by atoms with Crippen LogP contribution in [0.5, 0.6) is 0 Å². The second kappa shape index (κ2) is 13.6. The largest absolute Gasteiger partial charge is 0.387 e. The Morgan fingerprint density at radius 3 is 2.54 bits per heavy atom. The van der Waals surface area contributed by atoms with Crippen LogP contribution in [0.1, 0.15) is 50.7 Å². The smallest absolute Gasteiger partial charge is 0.250 e. The molecule has 0 saturated heterocycles. The number of amidine groups is 1. The normalized spacial score (nSPS) is 15.4. The number of fused-ring (bicyclic) bond motifs is 1. The number of likely N-dealkylation sites (N-methyl/N-ethyl adjacent to an activating group) is 1. The number of hydrogen-bond donors (Lipinski definition) is 2. The molecule has 0 atom stereocenters. The number of aldehydes is 1. The summed E-state index contributed by atoms with van der Waals surface area (Å²) in [6.45, 7) is 6.89. The van der Waals surface area contributed by atoms with Crippen molar-refractivity contribution >= 4 is 35.4 Å². The molecule has 0 unspecified atom stereocenters. The van der Waals surface area contributed by atoms with Crippen LogP contribution in [-0.2, 0) is 9.59 Å². The first-order valence-corrected chi connectivity index (χ1v) is 13.0. The molecule has 0 spiro atoms. The Bertz CT molecular complexity index is 1180. The molecule has 0 bridgehead atoms. The molecule has 196 valence electrons. The summed E-state index contributed by atoms with van der Waals surface area (Å²) < 4.78 is 0. The highest BCUT2D eigenvalue weighted by Gasteiger charge is 2.21. The lowest BCUT2D eigenvalue weighted by molar-refractivity contribution is -0.127. The lowest BCUT2D eigenvalue weighted by Crippen LogP contribution is -2.34. The molecule has 1 aliphatic heterocycles. The Balaban J connectivity index is 1.97. The van der Waals surface area contributed by atoms with Crippen molar-refractivity contribution in [3.8, 4) is 0 Å². The van der Waals surface area contributed by atoms with Gasteiger partial charge in [0.25, 0.3) is 0 Å². The van der Waals surface area contributed by atoms with Crippen LogP contribution >= 0.6 is 0 Å². The van der Waals surface area contributed by atoms with Gasteiger partial charge in [-0.15, -0.1) is 0 Å². The van der Waals surface area contributed by atoms with Crippen LogP contribution in [0.2, 0.25) is 0 Å². The van der Waals surface area contributed by atoms with Crippen molar-refractivity contribution in [1.82, 2.24) is 9.80 Å². The van der Waals surface area contributed by atoms with Crippen LogP contribution in [0.3, 0.4) is 0 Å². The van der Waals surface area contributed by atoms with E-state index in [0.717, 1.165) is 66.7 Å². The zero-order valence-corrected chi connectivity index (χ0v) is 22.2. The van der Waals surface area contributed by atoms with Crippen LogP contribution in [0.25, 0.3) is 11.6 Å². The Morgan fingerprint density at radius 2 is 1.86 bits per heavy atom. The van der Waals surface area contributed by atoms with Gasteiger partial charge in [-0.1, -0.05) is 44.2 Å². The van der Waals surface area contributed by atoms with Crippen molar-refractivity contribution in [3.63, 3.8) is 0 Å². The van der Waals surface area contributed by atoms with Crippen LogP contribution < -0.4 is 11.5 Å². The first kappa shape index (κ1) is 27.9. The molecule has 0 fully saturated rings. The van der Waals surface area contributed by atoms with Gasteiger partial charge in [-0.3, -0.25) is 9.59 Å². The highest BCUT2D eigenvalue weighted by Crippen LogP contribution is 2.33. The van der Waals surface area contributed by atoms with Gasteiger partial charge >= 0.3 is 0 Å². The molecule has 37 heavy (non-hydrogen) atoms. The Morgan fingerprint density at radius 1 is 1.11 bits per heavy atom. The van der Waals surface area contributed by atoms with Crippen molar-refractivity contribution in [1.29, 1.82) is 0 Å². The van der Waals surface area contributed by atoms with E-state index in [1.807, 2.05) is 71.6 Å². The number of carbonyl (C=O) groups is 2. The number of amides is 1. The highest BCUT2D eigenvalue weighted by molar-refractivity contribution is 6.05. The van der Waals surface area contributed by atoms with Gasteiger partial charge in [0, 0.05) is 56.4 Å². The molecule has 1 aliphatic carbocycles. The topological polar surface area (TPSA) is 105 Å². The fourth-order valence-electron chi connectivity index (χ4n) is 4.46. The van der Waals surface area contributed by atoms with E-state index in [1.165, 1.54) is 0 Å². The Labute approximate surface area is 220 Å². The van der Waals surface area contributed by atoms with E-state index in [-0.39, 0.29) is 5.91 Å². The zero-order valence-electron chi connectivity index (χ0n) is 22.2. The summed E-state index contributed by atoms with van der Waals surface area (Å²) in [4.78, 5) is 33.6. The monoisotopic (exact) mass is 501 g/mol. The van der Waals surface area contributed by atoms with Gasteiger partial charge in [0.2, 0.25) is 5.91 Å². The number of allylic oxidation sites excluding steroid dienone is 7. The SMILES string of the molecule is CCCN(CCC)C(=O)C1=Cc2ccc(C3=CC(/C=C\N(C)CCN)=C(C=O)C=CC3)cc2N=C(N)C1. The van der Waals surface area contributed by atoms with E-state index in [9.17, 15) is 9.59 Å². The van der Waals surface area contributed by atoms with E-state index in [4.69, 9.17) is 11.5 Å². The summed E-state index contributed by atoms with van der Waals surface area (Å²) in [5.74, 6) is 0.450. The number of aliphatic imine (C=N–C) groups is 1. The molecule has 1 heterocycles. The fourth-order valence-corrected chi connectivity index (χ4v) is 4.46. The van der Waals surface area contributed by atoms with Crippen molar-refractivity contribution in [2.45, 2.75) is 39.5 Å². The van der Waals surface area contributed by atoms with Crippen LogP contribution in [0, 0.1) is 0 Å². The molecule has 7 nitrogen and oxygen atoms in total. The van der Waals surface area contributed by atoms with Crippen molar-refractivity contribution in [2.75, 3.05) is 33.2 Å². The third-order valence-corrected chi connectivity index (χ3v) is 6.33. The van der Waals surface area contributed by atoms with Gasteiger partial charge in [-0.05, 0) is 60.4 Å². The summed E-state index contributed by atoms with van der Waals surface area (Å²) in [5.41, 5.74) is 17.7. The number of hydrogen-bond acceptors (Lipinski definition) is 6. The third kappa shape index (κ3) is 7.40. The molecule has 0 aromatic heterocycles. The minimum absolute atomic E-state index is 0.0259. The zero-order chi connectivity index (χ0) is 26.8. The first-order valence-electron chi connectivity index (χ1n) is 13.0. The van der Waals surface area contributed by atoms with Crippen LogP contribution in [0.15, 0.2) is 70.4 Å². The molecular formula is C30H39N5O2. The molecule has 1 aromatic carbocycles. The van der Waals surface area contributed by atoms with Gasteiger partial charge in [0.15, 0.2) is 6.29 Å².